The Labute approximate surface area is 150 Å². The van der Waals surface area contributed by atoms with E-state index < -0.39 is 0 Å². The third-order valence-corrected chi connectivity index (χ3v) is 4.17. The minimum atomic E-state index is -0.345. The zero-order valence-electron chi connectivity index (χ0n) is 13.9. The number of hydrazine groups is 1. The van der Waals surface area contributed by atoms with Crippen LogP contribution in [0, 0.1) is 0 Å². The van der Waals surface area contributed by atoms with Crippen molar-refractivity contribution in [2.24, 2.45) is 0 Å². The molecule has 132 valence electrons. The van der Waals surface area contributed by atoms with E-state index in [1.165, 1.54) is 0 Å². The van der Waals surface area contributed by atoms with Gasteiger partial charge in [0.1, 0.15) is 6.04 Å². The number of pyridine rings is 1. The minimum absolute atomic E-state index is 0.00167. The average molecular weight is 350 g/mol. The molecule has 8 nitrogen and oxygen atoms in total. The van der Waals surface area contributed by atoms with Crippen molar-refractivity contribution in [1.82, 2.24) is 31.3 Å². The fourth-order valence-corrected chi connectivity index (χ4v) is 2.82. The molecule has 1 saturated heterocycles. The summed E-state index contributed by atoms with van der Waals surface area (Å²) in [6, 6.07) is 14.9. The first-order valence-electron chi connectivity index (χ1n) is 8.37. The molecule has 3 heterocycles. The van der Waals surface area contributed by atoms with Gasteiger partial charge < -0.3 is 9.84 Å². The molecule has 1 amide bonds. The van der Waals surface area contributed by atoms with Crippen molar-refractivity contribution in [3.05, 3.63) is 66.2 Å². The Bertz CT molecular complexity index is 868. The molecule has 0 aliphatic carbocycles. The van der Waals surface area contributed by atoms with Crippen LogP contribution >= 0.6 is 0 Å². The second kappa shape index (κ2) is 7.42. The summed E-state index contributed by atoms with van der Waals surface area (Å²) in [4.78, 5) is 21.0. The Hall–Kier alpha value is -3.10. The van der Waals surface area contributed by atoms with Crippen molar-refractivity contribution >= 4 is 5.91 Å². The molecule has 0 saturated carbocycles. The first-order chi connectivity index (χ1) is 12.8. The van der Waals surface area contributed by atoms with E-state index in [2.05, 4.69) is 31.3 Å². The van der Waals surface area contributed by atoms with Crippen LogP contribution in [0.15, 0.2) is 59.3 Å². The summed E-state index contributed by atoms with van der Waals surface area (Å²) >= 11 is 0. The summed E-state index contributed by atoms with van der Waals surface area (Å²) in [6.07, 6.45) is 2.36. The standard InChI is InChI=1S/C18H18N6O2/c25-17(15-10-14(22-23-15)13-8-4-5-9-19-13)20-11-16-21-18(26-24-16)12-6-2-1-3-7-12/h1-9,14-15,22-23H,10-11H2,(H,20,25). The first kappa shape index (κ1) is 16.4. The second-order valence-corrected chi connectivity index (χ2v) is 5.98. The quantitative estimate of drug-likeness (QED) is 0.638. The lowest BCUT2D eigenvalue weighted by Crippen LogP contribution is -2.43. The van der Waals surface area contributed by atoms with Gasteiger partial charge in [0.25, 0.3) is 5.89 Å². The molecule has 0 spiro atoms. The average Bonchev–Trinajstić information content (AvgIpc) is 3.37. The smallest absolute Gasteiger partial charge is 0.257 e. The third-order valence-electron chi connectivity index (χ3n) is 4.17. The van der Waals surface area contributed by atoms with Crippen LogP contribution in [-0.2, 0) is 11.3 Å². The monoisotopic (exact) mass is 350 g/mol. The molecule has 26 heavy (non-hydrogen) atoms. The number of carbonyl (C=O) groups excluding carboxylic acids is 1. The van der Waals surface area contributed by atoms with E-state index in [0.717, 1.165) is 11.3 Å². The van der Waals surface area contributed by atoms with Gasteiger partial charge in [-0.15, -0.1) is 0 Å². The molecule has 2 atom stereocenters. The van der Waals surface area contributed by atoms with E-state index in [-0.39, 0.29) is 24.5 Å². The number of carbonyl (C=O) groups is 1. The van der Waals surface area contributed by atoms with E-state index in [1.807, 2.05) is 48.5 Å². The van der Waals surface area contributed by atoms with E-state index in [9.17, 15) is 4.79 Å². The van der Waals surface area contributed by atoms with Gasteiger partial charge in [0.2, 0.25) is 5.91 Å². The van der Waals surface area contributed by atoms with Gasteiger partial charge in [-0.05, 0) is 30.7 Å². The number of hydrogen-bond acceptors (Lipinski definition) is 7. The van der Waals surface area contributed by atoms with Gasteiger partial charge in [-0.1, -0.05) is 29.4 Å². The molecule has 0 bridgehead atoms. The molecule has 1 fully saturated rings. The SMILES string of the molecule is O=C(NCc1noc(-c2ccccc2)n1)C1CC(c2ccccn2)NN1. The van der Waals surface area contributed by atoms with E-state index in [1.54, 1.807) is 6.20 Å². The number of aromatic nitrogens is 3. The molecule has 2 aromatic heterocycles. The Kier molecular flexibility index (Phi) is 4.67. The molecule has 0 radical (unpaired) electrons. The van der Waals surface area contributed by atoms with E-state index in [0.29, 0.717) is 18.1 Å². The minimum Gasteiger partial charge on any atom is -0.347 e. The van der Waals surface area contributed by atoms with Crippen LogP contribution in [0.25, 0.3) is 11.5 Å². The Morgan fingerprint density at radius 1 is 1.15 bits per heavy atom. The number of rotatable bonds is 5. The molecule has 3 N–H and O–H groups in total. The molecule has 1 aliphatic rings. The van der Waals surface area contributed by atoms with Crippen LogP contribution in [0.4, 0.5) is 0 Å². The predicted octanol–water partition coefficient (Wildman–Crippen LogP) is 1.36. The van der Waals surface area contributed by atoms with Gasteiger partial charge in [0, 0.05) is 11.8 Å². The van der Waals surface area contributed by atoms with Gasteiger partial charge in [-0.2, -0.15) is 4.98 Å². The molecule has 1 aliphatic heterocycles. The van der Waals surface area contributed by atoms with Crippen molar-refractivity contribution < 1.29 is 9.32 Å². The summed E-state index contributed by atoms with van der Waals surface area (Å²) in [5.41, 5.74) is 7.86. The van der Waals surface area contributed by atoms with Crippen molar-refractivity contribution in [1.29, 1.82) is 0 Å². The Balaban J connectivity index is 1.31. The van der Waals surface area contributed by atoms with Crippen molar-refractivity contribution in [3.63, 3.8) is 0 Å². The number of benzene rings is 1. The maximum atomic E-state index is 12.4. The molecule has 8 heteroatoms. The molecule has 1 aromatic carbocycles. The lowest BCUT2D eigenvalue weighted by Gasteiger charge is -2.09. The van der Waals surface area contributed by atoms with Crippen LogP contribution in [0.2, 0.25) is 0 Å². The van der Waals surface area contributed by atoms with Gasteiger partial charge in [0.15, 0.2) is 5.82 Å². The van der Waals surface area contributed by atoms with Crippen molar-refractivity contribution in [2.75, 3.05) is 0 Å². The zero-order valence-corrected chi connectivity index (χ0v) is 13.9. The van der Waals surface area contributed by atoms with Crippen molar-refractivity contribution in [3.8, 4) is 11.5 Å². The predicted molar refractivity (Wildman–Crippen MR) is 93.2 cm³/mol. The summed E-state index contributed by atoms with van der Waals surface area (Å²) in [7, 11) is 0. The van der Waals surface area contributed by atoms with Crippen LogP contribution < -0.4 is 16.2 Å². The molecule has 4 rings (SSSR count). The van der Waals surface area contributed by atoms with Gasteiger partial charge in [-0.25, -0.2) is 10.9 Å². The number of amides is 1. The number of hydrogen-bond donors (Lipinski definition) is 3. The largest absolute Gasteiger partial charge is 0.347 e. The lowest BCUT2D eigenvalue weighted by atomic mass is 10.1. The Morgan fingerprint density at radius 2 is 2.00 bits per heavy atom. The van der Waals surface area contributed by atoms with Crippen LogP contribution in [0.5, 0.6) is 0 Å². The molecular formula is C18H18N6O2. The summed E-state index contributed by atoms with van der Waals surface area (Å²) in [5, 5.41) is 6.74. The zero-order chi connectivity index (χ0) is 17.8. The van der Waals surface area contributed by atoms with Gasteiger partial charge in [0.05, 0.1) is 18.3 Å². The maximum Gasteiger partial charge on any atom is 0.257 e. The summed E-state index contributed by atoms with van der Waals surface area (Å²) < 4.78 is 5.23. The molecular weight excluding hydrogens is 332 g/mol. The van der Waals surface area contributed by atoms with Crippen LogP contribution in [0.1, 0.15) is 24.0 Å². The number of nitrogens with one attached hydrogen (secondary N) is 3. The maximum absolute atomic E-state index is 12.4. The fraction of sp³-hybridized carbons (Fsp3) is 0.222. The highest BCUT2D eigenvalue weighted by molar-refractivity contribution is 5.82. The highest BCUT2D eigenvalue weighted by Crippen LogP contribution is 2.20. The third kappa shape index (κ3) is 3.61. The van der Waals surface area contributed by atoms with Crippen molar-refractivity contribution in [2.45, 2.75) is 25.0 Å². The van der Waals surface area contributed by atoms with E-state index >= 15 is 0 Å². The second-order valence-electron chi connectivity index (χ2n) is 5.98. The van der Waals surface area contributed by atoms with Gasteiger partial charge >= 0.3 is 0 Å². The normalized spacial score (nSPS) is 19.4. The van der Waals surface area contributed by atoms with Crippen LogP contribution in [-0.4, -0.2) is 27.1 Å². The molecule has 2 unspecified atom stereocenters. The van der Waals surface area contributed by atoms with Gasteiger partial charge in [-0.3, -0.25) is 9.78 Å². The molecule has 3 aromatic rings. The highest BCUT2D eigenvalue weighted by Gasteiger charge is 2.30. The topological polar surface area (TPSA) is 105 Å². The number of nitrogens with zero attached hydrogens (tertiary/aromatic N) is 3. The Morgan fingerprint density at radius 3 is 2.81 bits per heavy atom. The summed E-state index contributed by atoms with van der Waals surface area (Å²) in [6.45, 7) is 0.210. The van der Waals surface area contributed by atoms with Crippen LogP contribution in [0.3, 0.4) is 0 Å². The highest BCUT2D eigenvalue weighted by atomic mass is 16.5. The summed E-state index contributed by atoms with van der Waals surface area (Å²) in [5.74, 6) is 0.747. The first-order valence-corrected chi connectivity index (χ1v) is 8.37. The fourth-order valence-electron chi connectivity index (χ4n) is 2.82. The van der Waals surface area contributed by atoms with E-state index in [4.69, 9.17) is 4.52 Å². The lowest BCUT2D eigenvalue weighted by molar-refractivity contribution is -0.123.